The molecule has 4 heteroatoms. The summed E-state index contributed by atoms with van der Waals surface area (Å²) in [5.74, 6) is 0.261. The van der Waals surface area contributed by atoms with Crippen molar-refractivity contribution in [3.8, 4) is 5.75 Å². The van der Waals surface area contributed by atoms with Crippen molar-refractivity contribution in [3.05, 3.63) is 29.8 Å². The number of benzene rings is 1. The third-order valence-corrected chi connectivity index (χ3v) is 2.42. The van der Waals surface area contributed by atoms with E-state index in [1.54, 1.807) is 12.1 Å². The minimum Gasteiger partial charge on any atom is -0.508 e. The summed E-state index contributed by atoms with van der Waals surface area (Å²) in [6, 6.07) is 6.97. The lowest BCUT2D eigenvalue weighted by Crippen LogP contribution is -2.14. The van der Waals surface area contributed by atoms with Crippen LogP contribution in [0.25, 0.3) is 0 Å². The molecule has 1 aromatic rings. The molecule has 0 saturated heterocycles. The summed E-state index contributed by atoms with van der Waals surface area (Å²) in [6.45, 7) is 0.614. The fraction of sp³-hybridized carbons (Fsp3) is 0.364. The van der Waals surface area contributed by atoms with Crippen molar-refractivity contribution >= 4 is 5.71 Å². The van der Waals surface area contributed by atoms with Crippen LogP contribution in [0.1, 0.15) is 18.4 Å². The van der Waals surface area contributed by atoms with E-state index < -0.39 is 0 Å². The van der Waals surface area contributed by atoms with E-state index in [1.165, 1.54) is 0 Å². The molecule has 0 spiro atoms. The lowest BCUT2D eigenvalue weighted by molar-refractivity contribution is 0.0810. The van der Waals surface area contributed by atoms with Gasteiger partial charge in [0.1, 0.15) is 11.9 Å². The van der Waals surface area contributed by atoms with Gasteiger partial charge in [-0.15, -0.1) is 0 Å². The predicted octanol–water partition coefficient (Wildman–Crippen LogP) is 1.23. The minimum atomic E-state index is 0.110. The molecule has 0 radical (unpaired) electrons. The van der Waals surface area contributed by atoms with Gasteiger partial charge in [-0.3, -0.25) is 0 Å². The van der Waals surface area contributed by atoms with Crippen LogP contribution in [0.2, 0.25) is 0 Å². The van der Waals surface area contributed by atoms with Gasteiger partial charge in [0.15, 0.2) is 0 Å². The van der Waals surface area contributed by atoms with E-state index >= 15 is 0 Å². The van der Waals surface area contributed by atoms with Crippen LogP contribution in [-0.2, 0) is 4.84 Å². The van der Waals surface area contributed by atoms with E-state index in [0.29, 0.717) is 6.54 Å². The number of phenolic OH excluding ortho intramolecular Hbond substituents is 1. The summed E-state index contributed by atoms with van der Waals surface area (Å²) in [7, 11) is 0. The Kier molecular flexibility index (Phi) is 2.87. The first-order valence-electron chi connectivity index (χ1n) is 5.02. The molecule has 15 heavy (non-hydrogen) atoms. The van der Waals surface area contributed by atoms with E-state index in [1.807, 2.05) is 12.1 Å². The third kappa shape index (κ3) is 2.27. The number of nitrogens with zero attached hydrogens (tertiary/aromatic N) is 1. The van der Waals surface area contributed by atoms with E-state index in [0.717, 1.165) is 24.1 Å². The van der Waals surface area contributed by atoms with Gasteiger partial charge in [-0.2, -0.15) is 0 Å². The molecular formula is C11H14N2O2. The van der Waals surface area contributed by atoms with Gasteiger partial charge < -0.3 is 15.7 Å². The number of hydrogen-bond acceptors (Lipinski definition) is 4. The van der Waals surface area contributed by atoms with Gasteiger partial charge >= 0.3 is 0 Å². The Hall–Kier alpha value is -1.55. The zero-order chi connectivity index (χ0) is 10.7. The fourth-order valence-electron chi connectivity index (χ4n) is 1.59. The van der Waals surface area contributed by atoms with Crippen LogP contribution in [0, 0.1) is 0 Å². The van der Waals surface area contributed by atoms with Crippen LogP contribution in [0.3, 0.4) is 0 Å². The second-order valence-corrected chi connectivity index (χ2v) is 3.59. The summed E-state index contributed by atoms with van der Waals surface area (Å²) < 4.78 is 0. The second-order valence-electron chi connectivity index (χ2n) is 3.59. The van der Waals surface area contributed by atoms with Crippen molar-refractivity contribution in [2.75, 3.05) is 6.54 Å². The number of oxime groups is 1. The maximum atomic E-state index is 9.15. The van der Waals surface area contributed by atoms with Crippen LogP contribution in [0.5, 0.6) is 5.75 Å². The van der Waals surface area contributed by atoms with Gasteiger partial charge in [0, 0.05) is 6.42 Å². The predicted molar refractivity (Wildman–Crippen MR) is 57.8 cm³/mol. The Bertz CT molecular complexity index is 359. The van der Waals surface area contributed by atoms with Crippen molar-refractivity contribution in [1.82, 2.24) is 0 Å². The van der Waals surface area contributed by atoms with Crippen molar-refractivity contribution in [2.24, 2.45) is 10.9 Å². The molecule has 4 nitrogen and oxygen atoms in total. The molecule has 0 fully saturated rings. The van der Waals surface area contributed by atoms with Gasteiger partial charge in [-0.1, -0.05) is 5.16 Å². The topological polar surface area (TPSA) is 67.8 Å². The molecule has 1 aliphatic rings. The van der Waals surface area contributed by atoms with Gasteiger partial charge in [-0.25, -0.2) is 0 Å². The normalized spacial score (nSPS) is 19.8. The molecule has 3 N–H and O–H groups in total. The zero-order valence-electron chi connectivity index (χ0n) is 8.39. The summed E-state index contributed by atoms with van der Waals surface area (Å²) in [4.78, 5) is 5.24. The molecular weight excluding hydrogens is 192 g/mol. The maximum absolute atomic E-state index is 9.15. The molecule has 0 amide bonds. The van der Waals surface area contributed by atoms with Crippen molar-refractivity contribution in [3.63, 3.8) is 0 Å². The van der Waals surface area contributed by atoms with Gasteiger partial charge in [0.25, 0.3) is 0 Å². The highest BCUT2D eigenvalue weighted by Crippen LogP contribution is 2.19. The first-order valence-corrected chi connectivity index (χ1v) is 5.02. The molecule has 0 bridgehead atoms. The Labute approximate surface area is 88.3 Å². The SMILES string of the molecule is NCCC1CC(c2ccc(O)cc2)=NO1. The third-order valence-electron chi connectivity index (χ3n) is 2.42. The summed E-state index contributed by atoms with van der Waals surface area (Å²) in [6.07, 6.45) is 1.73. The van der Waals surface area contributed by atoms with Gasteiger partial charge in [-0.05, 0) is 42.8 Å². The highest BCUT2D eigenvalue weighted by Gasteiger charge is 2.20. The lowest BCUT2D eigenvalue weighted by Gasteiger charge is -2.04. The van der Waals surface area contributed by atoms with Crippen LogP contribution in [0.4, 0.5) is 0 Å². The quantitative estimate of drug-likeness (QED) is 0.781. The van der Waals surface area contributed by atoms with Crippen molar-refractivity contribution < 1.29 is 9.94 Å². The van der Waals surface area contributed by atoms with Crippen LogP contribution < -0.4 is 5.73 Å². The molecule has 0 aliphatic carbocycles. The molecule has 1 atom stereocenters. The summed E-state index contributed by atoms with van der Waals surface area (Å²) in [5.41, 5.74) is 7.37. The van der Waals surface area contributed by atoms with Crippen molar-refractivity contribution in [1.29, 1.82) is 0 Å². The number of aromatic hydroxyl groups is 1. The fourth-order valence-corrected chi connectivity index (χ4v) is 1.59. The molecule has 1 heterocycles. The largest absolute Gasteiger partial charge is 0.508 e. The monoisotopic (exact) mass is 206 g/mol. The van der Waals surface area contributed by atoms with Crippen LogP contribution in [0.15, 0.2) is 29.4 Å². The molecule has 0 saturated carbocycles. The van der Waals surface area contributed by atoms with E-state index in [4.69, 9.17) is 15.7 Å². The first kappa shape index (κ1) is 9.98. The standard InChI is InChI=1S/C11H14N2O2/c12-6-5-10-7-11(13-15-10)8-1-3-9(14)4-2-8/h1-4,10,14H,5-7,12H2. The Morgan fingerprint density at radius 3 is 2.80 bits per heavy atom. The lowest BCUT2D eigenvalue weighted by atomic mass is 10.0. The summed E-state index contributed by atoms with van der Waals surface area (Å²) >= 11 is 0. The van der Waals surface area contributed by atoms with Crippen molar-refractivity contribution in [2.45, 2.75) is 18.9 Å². The molecule has 80 valence electrons. The van der Waals surface area contributed by atoms with Crippen LogP contribution in [-0.4, -0.2) is 23.5 Å². The van der Waals surface area contributed by atoms with E-state index in [2.05, 4.69) is 5.16 Å². The molecule has 2 rings (SSSR count). The maximum Gasteiger partial charge on any atom is 0.134 e. The second kappa shape index (κ2) is 4.31. The molecule has 0 aromatic heterocycles. The Morgan fingerprint density at radius 2 is 2.13 bits per heavy atom. The zero-order valence-corrected chi connectivity index (χ0v) is 8.39. The Morgan fingerprint density at radius 1 is 1.40 bits per heavy atom. The number of hydrogen-bond donors (Lipinski definition) is 2. The Balaban J connectivity index is 2.04. The average Bonchev–Trinajstić information content (AvgIpc) is 2.68. The summed E-state index contributed by atoms with van der Waals surface area (Å²) in [5, 5.41) is 13.2. The number of phenols is 1. The smallest absolute Gasteiger partial charge is 0.134 e. The minimum absolute atomic E-state index is 0.110. The van der Waals surface area contributed by atoms with E-state index in [-0.39, 0.29) is 11.9 Å². The molecule has 1 aromatic carbocycles. The van der Waals surface area contributed by atoms with E-state index in [9.17, 15) is 0 Å². The number of nitrogens with two attached hydrogens (primary N) is 1. The number of rotatable bonds is 3. The highest BCUT2D eigenvalue weighted by molar-refractivity contribution is 6.01. The molecule has 1 aliphatic heterocycles. The van der Waals surface area contributed by atoms with Crippen LogP contribution >= 0.6 is 0 Å². The molecule has 1 unspecified atom stereocenters. The first-order chi connectivity index (χ1) is 7.29. The van der Waals surface area contributed by atoms with Gasteiger partial charge in [0.05, 0.1) is 5.71 Å². The highest BCUT2D eigenvalue weighted by atomic mass is 16.6. The average molecular weight is 206 g/mol. The van der Waals surface area contributed by atoms with Gasteiger partial charge in [0.2, 0.25) is 0 Å².